The second-order valence-electron chi connectivity index (χ2n) is 10.0. The molecule has 34 heavy (non-hydrogen) atoms. The molecule has 1 fully saturated rings. The minimum absolute atomic E-state index is 0.380. The van der Waals surface area contributed by atoms with E-state index in [1.54, 1.807) is 0 Å². The number of ether oxygens (including phenoxy) is 4. The van der Waals surface area contributed by atoms with E-state index in [9.17, 15) is 9.59 Å². The molecule has 4 atom stereocenters. The Kier molecular flexibility index (Phi) is 17.8. The Labute approximate surface area is 208 Å². The van der Waals surface area contributed by atoms with E-state index < -0.39 is 24.5 Å². The van der Waals surface area contributed by atoms with Gasteiger partial charge in [-0.25, -0.2) is 9.59 Å². The van der Waals surface area contributed by atoms with Crippen LogP contribution in [0.5, 0.6) is 0 Å². The van der Waals surface area contributed by atoms with Gasteiger partial charge in [0.1, 0.15) is 12.2 Å². The lowest BCUT2D eigenvalue weighted by atomic mass is 9.94. The number of rotatable bonds is 18. The SMILES string of the molecule is CCCCCC(CCC)COC(=O)OC1CCCCC1OC(=O)OCC(CCC)CCCCC. The minimum atomic E-state index is -0.649. The van der Waals surface area contributed by atoms with Gasteiger partial charge in [-0.2, -0.15) is 0 Å². The molecule has 0 radical (unpaired) electrons. The van der Waals surface area contributed by atoms with Crippen LogP contribution in [0.2, 0.25) is 0 Å². The van der Waals surface area contributed by atoms with Gasteiger partial charge in [0, 0.05) is 0 Å². The fourth-order valence-corrected chi connectivity index (χ4v) is 4.82. The fraction of sp³-hybridized carbons (Fsp3) is 0.929. The molecule has 0 amide bonds. The molecule has 0 aromatic rings. The highest BCUT2D eigenvalue weighted by atomic mass is 16.8. The maximum absolute atomic E-state index is 12.4. The molecule has 6 heteroatoms. The summed E-state index contributed by atoms with van der Waals surface area (Å²) in [6.45, 7) is 9.49. The lowest BCUT2D eigenvalue weighted by molar-refractivity contribution is -0.0747. The van der Waals surface area contributed by atoms with E-state index in [4.69, 9.17) is 18.9 Å². The monoisotopic (exact) mass is 484 g/mol. The second kappa shape index (κ2) is 19.8. The van der Waals surface area contributed by atoms with Crippen molar-refractivity contribution in [1.29, 1.82) is 0 Å². The van der Waals surface area contributed by atoms with Gasteiger partial charge in [0.05, 0.1) is 13.2 Å². The fourth-order valence-electron chi connectivity index (χ4n) is 4.82. The lowest BCUT2D eigenvalue weighted by Crippen LogP contribution is -2.38. The third-order valence-electron chi connectivity index (χ3n) is 6.84. The molecule has 1 aliphatic rings. The molecule has 6 nitrogen and oxygen atoms in total. The molecular formula is C28H52O6. The van der Waals surface area contributed by atoms with Crippen LogP contribution in [0.3, 0.4) is 0 Å². The molecule has 1 aliphatic carbocycles. The Morgan fingerprint density at radius 1 is 0.618 bits per heavy atom. The quantitative estimate of drug-likeness (QED) is 0.143. The average Bonchev–Trinajstić information content (AvgIpc) is 2.82. The first-order valence-corrected chi connectivity index (χ1v) is 14.2. The molecule has 0 aliphatic heterocycles. The van der Waals surface area contributed by atoms with E-state index in [0.29, 0.717) is 37.9 Å². The second-order valence-corrected chi connectivity index (χ2v) is 10.0. The summed E-state index contributed by atoms with van der Waals surface area (Å²) in [6.07, 6.45) is 14.5. The van der Waals surface area contributed by atoms with Gasteiger partial charge in [-0.1, -0.05) is 79.1 Å². The number of hydrogen-bond donors (Lipinski definition) is 0. The minimum Gasteiger partial charge on any atom is -0.434 e. The van der Waals surface area contributed by atoms with Crippen molar-refractivity contribution in [2.24, 2.45) is 11.8 Å². The summed E-state index contributed by atoms with van der Waals surface area (Å²) in [5.41, 5.74) is 0. The van der Waals surface area contributed by atoms with Crippen molar-refractivity contribution in [1.82, 2.24) is 0 Å². The molecule has 0 spiro atoms. The molecule has 0 aromatic heterocycles. The van der Waals surface area contributed by atoms with E-state index in [1.807, 2.05) is 0 Å². The number of unbranched alkanes of at least 4 members (excludes halogenated alkanes) is 4. The molecule has 0 bridgehead atoms. The summed E-state index contributed by atoms with van der Waals surface area (Å²) in [5.74, 6) is 0.761. The van der Waals surface area contributed by atoms with Crippen LogP contribution in [0.1, 0.15) is 130 Å². The van der Waals surface area contributed by atoms with Crippen LogP contribution in [0.25, 0.3) is 0 Å². The summed E-state index contributed by atoms with van der Waals surface area (Å²) >= 11 is 0. The Morgan fingerprint density at radius 3 is 1.38 bits per heavy atom. The maximum Gasteiger partial charge on any atom is 0.508 e. The molecule has 0 N–H and O–H groups in total. The van der Waals surface area contributed by atoms with E-state index in [0.717, 1.165) is 64.2 Å². The van der Waals surface area contributed by atoms with Gasteiger partial charge >= 0.3 is 12.3 Å². The predicted octanol–water partition coefficient (Wildman–Crippen LogP) is 8.60. The largest absolute Gasteiger partial charge is 0.508 e. The van der Waals surface area contributed by atoms with E-state index in [1.165, 1.54) is 25.7 Å². The Hall–Kier alpha value is -1.46. The highest BCUT2D eigenvalue weighted by Gasteiger charge is 2.33. The molecule has 4 unspecified atom stereocenters. The molecule has 0 aromatic carbocycles. The standard InChI is InChI=1S/C28H52O6/c1-5-9-11-17-23(15-7-3)21-31-27(29)33-25-19-13-14-20-26(25)34-28(30)32-22-24(16-8-4)18-12-10-6-2/h23-26H,5-22H2,1-4H3. The zero-order valence-electron chi connectivity index (χ0n) is 22.5. The molecule has 0 saturated heterocycles. The van der Waals surface area contributed by atoms with E-state index in [2.05, 4.69) is 27.7 Å². The summed E-state index contributed by atoms with van der Waals surface area (Å²) in [6, 6.07) is 0. The van der Waals surface area contributed by atoms with Crippen molar-refractivity contribution in [2.45, 2.75) is 143 Å². The van der Waals surface area contributed by atoms with Crippen LogP contribution < -0.4 is 0 Å². The van der Waals surface area contributed by atoms with Gasteiger partial charge in [0.15, 0.2) is 0 Å². The molecule has 1 rings (SSSR count). The third-order valence-corrected chi connectivity index (χ3v) is 6.84. The highest BCUT2D eigenvalue weighted by molar-refractivity contribution is 5.61. The normalized spacial score (nSPS) is 19.8. The number of hydrogen-bond acceptors (Lipinski definition) is 6. The number of carbonyl (C=O) groups is 2. The topological polar surface area (TPSA) is 71.1 Å². The van der Waals surface area contributed by atoms with E-state index >= 15 is 0 Å². The first-order valence-electron chi connectivity index (χ1n) is 14.2. The van der Waals surface area contributed by atoms with Crippen molar-refractivity contribution in [2.75, 3.05) is 13.2 Å². The third kappa shape index (κ3) is 14.1. The van der Waals surface area contributed by atoms with Gasteiger partial charge < -0.3 is 18.9 Å². The first-order chi connectivity index (χ1) is 16.5. The Balaban J connectivity index is 2.45. The van der Waals surface area contributed by atoms with Crippen molar-refractivity contribution >= 4 is 12.3 Å². The molecule has 200 valence electrons. The summed E-state index contributed by atoms with van der Waals surface area (Å²) < 4.78 is 22.1. The van der Waals surface area contributed by atoms with Gasteiger partial charge in [-0.05, 0) is 63.2 Å². The summed E-state index contributed by atoms with van der Waals surface area (Å²) in [4.78, 5) is 24.8. The van der Waals surface area contributed by atoms with Crippen molar-refractivity contribution < 1.29 is 28.5 Å². The number of carbonyl (C=O) groups excluding carboxylic acids is 2. The summed E-state index contributed by atoms with van der Waals surface area (Å²) in [5, 5.41) is 0. The van der Waals surface area contributed by atoms with Gasteiger partial charge in [-0.3, -0.25) is 0 Å². The lowest BCUT2D eigenvalue weighted by Gasteiger charge is -2.30. The van der Waals surface area contributed by atoms with Crippen molar-refractivity contribution in [3.63, 3.8) is 0 Å². The highest BCUT2D eigenvalue weighted by Crippen LogP contribution is 2.26. The van der Waals surface area contributed by atoms with Crippen molar-refractivity contribution in [3.8, 4) is 0 Å². The van der Waals surface area contributed by atoms with Gasteiger partial charge in [-0.15, -0.1) is 0 Å². The molecule has 1 saturated carbocycles. The van der Waals surface area contributed by atoms with Crippen LogP contribution in [-0.4, -0.2) is 37.7 Å². The molecule has 0 heterocycles. The predicted molar refractivity (Wildman–Crippen MR) is 136 cm³/mol. The van der Waals surface area contributed by atoms with E-state index in [-0.39, 0.29) is 0 Å². The average molecular weight is 485 g/mol. The molecular weight excluding hydrogens is 432 g/mol. The van der Waals surface area contributed by atoms with Crippen LogP contribution >= 0.6 is 0 Å². The van der Waals surface area contributed by atoms with Crippen LogP contribution in [0.4, 0.5) is 9.59 Å². The van der Waals surface area contributed by atoms with Crippen molar-refractivity contribution in [3.05, 3.63) is 0 Å². The maximum atomic E-state index is 12.4. The first kappa shape index (κ1) is 30.6. The van der Waals surface area contributed by atoms with Crippen LogP contribution in [0, 0.1) is 11.8 Å². The van der Waals surface area contributed by atoms with Gasteiger partial charge in [0.2, 0.25) is 0 Å². The zero-order valence-corrected chi connectivity index (χ0v) is 22.5. The smallest absolute Gasteiger partial charge is 0.434 e. The zero-order chi connectivity index (χ0) is 25.0. The Bertz CT molecular complexity index is 477. The summed E-state index contributed by atoms with van der Waals surface area (Å²) in [7, 11) is 0. The van der Waals surface area contributed by atoms with Crippen LogP contribution in [-0.2, 0) is 18.9 Å². The van der Waals surface area contributed by atoms with Crippen LogP contribution in [0.15, 0.2) is 0 Å². The van der Waals surface area contributed by atoms with Gasteiger partial charge in [0.25, 0.3) is 0 Å². The Morgan fingerprint density at radius 2 is 1.03 bits per heavy atom.